The van der Waals surface area contributed by atoms with Crippen molar-refractivity contribution in [1.82, 2.24) is 9.88 Å². The van der Waals surface area contributed by atoms with Crippen molar-refractivity contribution in [1.29, 1.82) is 0 Å². The molecule has 0 saturated carbocycles. The van der Waals surface area contributed by atoms with E-state index in [1.165, 1.54) is 12.1 Å². The van der Waals surface area contributed by atoms with Gasteiger partial charge < -0.3 is 21.3 Å². The number of carbonyl (C=O) groups is 1. The third kappa shape index (κ3) is 5.61. The van der Waals surface area contributed by atoms with Crippen molar-refractivity contribution in [3.05, 3.63) is 82.8 Å². The number of hydrogen-bond acceptors (Lipinski definition) is 5. The molecule has 3 aromatic rings. The molecule has 1 unspecified atom stereocenters. The van der Waals surface area contributed by atoms with Crippen molar-refractivity contribution < 1.29 is 9.18 Å². The minimum absolute atomic E-state index is 0.0295. The first-order valence-electron chi connectivity index (χ1n) is 10.9. The molecule has 4 N–H and O–H groups in total. The van der Waals surface area contributed by atoms with Crippen molar-refractivity contribution in [2.24, 2.45) is 5.73 Å². The molecule has 1 fully saturated rings. The lowest BCUT2D eigenvalue weighted by Crippen LogP contribution is -2.47. The number of nitrogens with one attached hydrogen (secondary N) is 2. The van der Waals surface area contributed by atoms with Gasteiger partial charge in [0.2, 0.25) is 5.91 Å². The van der Waals surface area contributed by atoms with Crippen molar-refractivity contribution >= 4 is 34.7 Å². The molecule has 0 radical (unpaired) electrons. The van der Waals surface area contributed by atoms with E-state index < -0.39 is 0 Å². The van der Waals surface area contributed by atoms with Crippen LogP contribution in [0.5, 0.6) is 0 Å². The summed E-state index contributed by atoms with van der Waals surface area (Å²) >= 11 is 6.31. The van der Waals surface area contributed by atoms with Gasteiger partial charge in [-0.3, -0.25) is 4.79 Å². The van der Waals surface area contributed by atoms with Gasteiger partial charge in [0, 0.05) is 37.8 Å². The molecule has 1 aliphatic heterocycles. The Morgan fingerprint density at radius 3 is 2.85 bits per heavy atom. The molecule has 1 amide bonds. The fourth-order valence-corrected chi connectivity index (χ4v) is 4.41. The lowest BCUT2D eigenvalue weighted by Gasteiger charge is -2.39. The highest BCUT2D eigenvalue weighted by molar-refractivity contribution is 6.33. The molecule has 1 aliphatic rings. The van der Waals surface area contributed by atoms with Gasteiger partial charge in [-0.2, -0.15) is 0 Å². The van der Waals surface area contributed by atoms with Crippen LogP contribution in [-0.4, -0.2) is 28.4 Å². The Hall–Kier alpha value is -3.16. The van der Waals surface area contributed by atoms with E-state index in [4.69, 9.17) is 17.3 Å². The number of pyridine rings is 1. The molecule has 1 aromatic heterocycles. The summed E-state index contributed by atoms with van der Waals surface area (Å²) in [5.41, 5.74) is 9.71. The molecule has 8 heteroatoms. The molecule has 0 bridgehead atoms. The third-order valence-corrected chi connectivity index (χ3v) is 6.11. The molecular formula is C25H27ClFN5O. The smallest absolute Gasteiger partial charge is 0.220 e. The van der Waals surface area contributed by atoms with Crippen molar-refractivity contribution in [2.45, 2.75) is 38.4 Å². The number of benzene rings is 2. The molecule has 1 saturated heterocycles. The van der Waals surface area contributed by atoms with Crippen molar-refractivity contribution in [2.75, 3.05) is 17.2 Å². The number of piperidine rings is 1. The molecule has 0 spiro atoms. The van der Waals surface area contributed by atoms with Crippen molar-refractivity contribution in [3.63, 3.8) is 0 Å². The second-order valence-corrected chi connectivity index (χ2v) is 8.65. The van der Waals surface area contributed by atoms with E-state index in [0.717, 1.165) is 29.7 Å². The minimum Gasteiger partial charge on any atom is -0.380 e. The van der Waals surface area contributed by atoms with E-state index in [2.05, 4.69) is 15.6 Å². The van der Waals surface area contributed by atoms with Gasteiger partial charge >= 0.3 is 0 Å². The Labute approximate surface area is 198 Å². The number of anilines is 3. The van der Waals surface area contributed by atoms with Gasteiger partial charge in [-0.15, -0.1) is 0 Å². The zero-order valence-electron chi connectivity index (χ0n) is 18.4. The van der Waals surface area contributed by atoms with Crippen LogP contribution in [0.3, 0.4) is 0 Å². The Bertz CT molecular complexity index is 1140. The summed E-state index contributed by atoms with van der Waals surface area (Å²) in [6.45, 7) is 2.73. The van der Waals surface area contributed by atoms with Crippen LogP contribution in [0.4, 0.5) is 21.6 Å². The number of carbonyl (C=O) groups excluding carboxylic acids is 1. The summed E-state index contributed by atoms with van der Waals surface area (Å²) in [7, 11) is 0. The maximum Gasteiger partial charge on any atom is 0.220 e. The van der Waals surface area contributed by atoms with Gasteiger partial charge in [0.25, 0.3) is 0 Å². The van der Waals surface area contributed by atoms with Crippen LogP contribution in [0.25, 0.3) is 0 Å². The largest absolute Gasteiger partial charge is 0.380 e. The number of likely N-dealkylation sites (tertiary alicyclic amines) is 1. The summed E-state index contributed by atoms with van der Waals surface area (Å²) in [6.07, 6.45) is 3.36. The Morgan fingerprint density at radius 1 is 1.24 bits per heavy atom. The van der Waals surface area contributed by atoms with Crippen LogP contribution in [0.15, 0.2) is 60.8 Å². The van der Waals surface area contributed by atoms with E-state index in [1.54, 1.807) is 19.2 Å². The van der Waals surface area contributed by atoms with E-state index in [9.17, 15) is 9.18 Å². The molecule has 0 aliphatic carbocycles. The molecule has 2 aromatic carbocycles. The Kier molecular flexibility index (Phi) is 7.11. The SMILES string of the molecule is CC(=O)N1CCCC(N)[C@@H]1c1cccc(Nc2cc(NCc3cccc(F)c3)c(Cl)cn2)c1. The molecule has 172 valence electrons. The van der Waals surface area contributed by atoms with Crippen LogP contribution in [0.2, 0.25) is 5.02 Å². The lowest BCUT2D eigenvalue weighted by atomic mass is 9.90. The number of amides is 1. The van der Waals surface area contributed by atoms with E-state index in [0.29, 0.717) is 29.6 Å². The predicted octanol–water partition coefficient (Wildman–Crippen LogP) is 5.24. The summed E-state index contributed by atoms with van der Waals surface area (Å²) < 4.78 is 13.4. The number of halogens is 2. The average molecular weight is 468 g/mol. The van der Waals surface area contributed by atoms with Crippen LogP contribution < -0.4 is 16.4 Å². The zero-order valence-corrected chi connectivity index (χ0v) is 19.1. The zero-order chi connectivity index (χ0) is 23.4. The molecule has 6 nitrogen and oxygen atoms in total. The summed E-state index contributed by atoms with van der Waals surface area (Å²) in [5.74, 6) is 0.356. The second kappa shape index (κ2) is 10.2. The standard InChI is InChI=1S/C25H27ClFN5O/c1-16(33)32-10-4-9-22(28)25(32)18-6-3-8-20(12-18)31-24-13-23(21(26)15-30-24)29-14-17-5-2-7-19(27)11-17/h2-3,5-8,11-13,15,22,25H,4,9-10,14,28H2,1H3,(H2,29,30,31)/t22?,25-/m0/s1. The molecule has 2 heterocycles. The summed E-state index contributed by atoms with van der Waals surface area (Å²) in [4.78, 5) is 18.4. The summed E-state index contributed by atoms with van der Waals surface area (Å²) in [5, 5.41) is 7.00. The van der Waals surface area contributed by atoms with E-state index in [1.807, 2.05) is 41.3 Å². The van der Waals surface area contributed by atoms with Gasteiger partial charge in [-0.05, 0) is 48.2 Å². The van der Waals surface area contributed by atoms with E-state index >= 15 is 0 Å². The Morgan fingerprint density at radius 2 is 2.06 bits per heavy atom. The number of aromatic nitrogens is 1. The van der Waals surface area contributed by atoms with Crippen molar-refractivity contribution in [3.8, 4) is 0 Å². The van der Waals surface area contributed by atoms with Crippen LogP contribution >= 0.6 is 11.6 Å². The maximum atomic E-state index is 13.4. The van der Waals surface area contributed by atoms with Gasteiger partial charge in [0.1, 0.15) is 11.6 Å². The predicted molar refractivity (Wildman–Crippen MR) is 130 cm³/mol. The fourth-order valence-electron chi connectivity index (χ4n) is 4.24. The maximum absolute atomic E-state index is 13.4. The lowest BCUT2D eigenvalue weighted by molar-refractivity contribution is -0.133. The van der Waals surface area contributed by atoms with Gasteiger partial charge in [-0.1, -0.05) is 35.9 Å². The third-order valence-electron chi connectivity index (χ3n) is 5.81. The highest BCUT2D eigenvalue weighted by Crippen LogP contribution is 2.32. The first-order valence-corrected chi connectivity index (χ1v) is 11.3. The Balaban J connectivity index is 1.51. The van der Waals surface area contributed by atoms with E-state index in [-0.39, 0.29) is 23.8 Å². The van der Waals surface area contributed by atoms with Crippen LogP contribution in [-0.2, 0) is 11.3 Å². The fraction of sp³-hybridized carbons (Fsp3) is 0.280. The normalized spacial score (nSPS) is 18.1. The van der Waals surface area contributed by atoms with Crippen LogP contribution in [0, 0.1) is 5.82 Å². The monoisotopic (exact) mass is 467 g/mol. The van der Waals surface area contributed by atoms with Crippen LogP contribution in [0.1, 0.15) is 36.9 Å². The molecular weight excluding hydrogens is 441 g/mol. The quantitative estimate of drug-likeness (QED) is 0.461. The number of nitrogens with two attached hydrogens (primary N) is 1. The topological polar surface area (TPSA) is 83.3 Å². The number of nitrogens with zero attached hydrogens (tertiary/aromatic N) is 2. The number of rotatable bonds is 6. The minimum atomic E-state index is -0.279. The van der Waals surface area contributed by atoms with Gasteiger partial charge in [0.05, 0.1) is 22.9 Å². The summed E-state index contributed by atoms with van der Waals surface area (Å²) in [6, 6.07) is 15.8. The van der Waals surface area contributed by atoms with Gasteiger partial charge in [-0.25, -0.2) is 9.37 Å². The average Bonchev–Trinajstić information content (AvgIpc) is 2.79. The van der Waals surface area contributed by atoms with Gasteiger partial charge in [0.15, 0.2) is 0 Å². The number of hydrogen-bond donors (Lipinski definition) is 3. The highest BCUT2D eigenvalue weighted by Gasteiger charge is 2.32. The second-order valence-electron chi connectivity index (χ2n) is 8.25. The molecule has 4 rings (SSSR count). The first kappa shape index (κ1) is 23.0. The molecule has 33 heavy (non-hydrogen) atoms. The highest BCUT2D eigenvalue weighted by atomic mass is 35.5. The molecule has 2 atom stereocenters. The first-order chi connectivity index (χ1) is 15.9.